The Labute approximate surface area is 134 Å². The molecule has 1 fully saturated rings. The van der Waals surface area contributed by atoms with Crippen LogP contribution in [-0.4, -0.2) is 24.5 Å². The molecule has 1 aliphatic rings. The molecule has 0 saturated heterocycles. The van der Waals surface area contributed by atoms with E-state index in [1.807, 2.05) is 18.3 Å². The summed E-state index contributed by atoms with van der Waals surface area (Å²) in [6.45, 7) is 0. The van der Waals surface area contributed by atoms with Gasteiger partial charge in [0.05, 0.1) is 15.8 Å². The first kappa shape index (κ1) is 15.2. The Kier molecular flexibility index (Phi) is 3.97. The van der Waals surface area contributed by atoms with Crippen LogP contribution in [0.5, 0.6) is 0 Å². The van der Waals surface area contributed by atoms with E-state index in [0.717, 1.165) is 30.2 Å². The van der Waals surface area contributed by atoms with Gasteiger partial charge in [0.15, 0.2) is 0 Å². The van der Waals surface area contributed by atoms with E-state index in [2.05, 4.69) is 4.57 Å². The summed E-state index contributed by atoms with van der Waals surface area (Å²) in [7, 11) is -2.98. The van der Waals surface area contributed by atoms with Crippen LogP contribution in [0.1, 0.15) is 31.7 Å². The number of halogens is 2. The zero-order valence-corrected chi connectivity index (χ0v) is 14.0. The standard InChI is InChI=1S/C15H17Cl2NO2S/c1-21(19,20)12-4-2-3-11(9-12)18-6-5-13-14(17)7-10(16)8-15(13)18/h5-8,11-12H,2-4,9H2,1H3. The first-order valence-electron chi connectivity index (χ1n) is 7.00. The predicted molar refractivity (Wildman–Crippen MR) is 88.1 cm³/mol. The summed E-state index contributed by atoms with van der Waals surface area (Å²) < 4.78 is 25.8. The van der Waals surface area contributed by atoms with Crippen molar-refractivity contribution >= 4 is 43.9 Å². The fraction of sp³-hybridized carbons (Fsp3) is 0.467. The Balaban J connectivity index is 2.01. The lowest BCUT2D eigenvalue weighted by atomic mass is 9.94. The van der Waals surface area contributed by atoms with Gasteiger partial charge >= 0.3 is 0 Å². The van der Waals surface area contributed by atoms with Crippen molar-refractivity contribution < 1.29 is 8.42 Å². The van der Waals surface area contributed by atoms with Crippen molar-refractivity contribution in [3.63, 3.8) is 0 Å². The maximum atomic E-state index is 11.8. The van der Waals surface area contributed by atoms with Crippen molar-refractivity contribution in [2.45, 2.75) is 37.0 Å². The van der Waals surface area contributed by atoms with Gasteiger partial charge in [-0.05, 0) is 37.5 Å². The molecule has 1 saturated carbocycles. The molecule has 2 atom stereocenters. The Morgan fingerprint density at radius 2 is 2.00 bits per heavy atom. The molecule has 6 heteroatoms. The monoisotopic (exact) mass is 345 g/mol. The maximum Gasteiger partial charge on any atom is 0.150 e. The minimum atomic E-state index is -2.98. The minimum Gasteiger partial charge on any atom is -0.344 e. The van der Waals surface area contributed by atoms with Crippen molar-refractivity contribution in [1.82, 2.24) is 4.57 Å². The van der Waals surface area contributed by atoms with E-state index in [1.54, 1.807) is 6.07 Å². The summed E-state index contributed by atoms with van der Waals surface area (Å²) in [4.78, 5) is 0. The number of aromatic nitrogens is 1. The molecule has 3 nitrogen and oxygen atoms in total. The third-order valence-electron chi connectivity index (χ3n) is 4.35. The highest BCUT2D eigenvalue weighted by atomic mass is 35.5. The van der Waals surface area contributed by atoms with Crippen LogP contribution in [0, 0.1) is 0 Å². The molecular formula is C15H17Cl2NO2S. The fourth-order valence-corrected chi connectivity index (χ4v) is 4.98. The fourth-order valence-electron chi connectivity index (χ4n) is 3.27. The third kappa shape index (κ3) is 2.94. The van der Waals surface area contributed by atoms with Crippen molar-refractivity contribution in [3.8, 4) is 0 Å². The van der Waals surface area contributed by atoms with Crippen molar-refractivity contribution in [3.05, 3.63) is 34.4 Å². The second kappa shape index (κ2) is 5.49. The molecule has 0 amide bonds. The van der Waals surface area contributed by atoms with Gasteiger partial charge in [0, 0.05) is 28.9 Å². The molecule has 0 bridgehead atoms. The topological polar surface area (TPSA) is 39.1 Å². The van der Waals surface area contributed by atoms with Crippen LogP contribution in [0.25, 0.3) is 10.9 Å². The average molecular weight is 346 g/mol. The van der Waals surface area contributed by atoms with Gasteiger partial charge in [-0.2, -0.15) is 0 Å². The number of hydrogen-bond acceptors (Lipinski definition) is 2. The summed E-state index contributed by atoms with van der Waals surface area (Å²) in [5.74, 6) is 0. The second-order valence-corrected chi connectivity index (χ2v) is 8.98. The Morgan fingerprint density at radius 1 is 1.24 bits per heavy atom. The Bertz CT molecular complexity index is 782. The SMILES string of the molecule is CS(=O)(=O)C1CCCC(n2ccc3c(Cl)cc(Cl)cc32)C1. The minimum absolute atomic E-state index is 0.186. The molecule has 114 valence electrons. The lowest BCUT2D eigenvalue weighted by Crippen LogP contribution is -2.28. The van der Waals surface area contributed by atoms with Gasteiger partial charge in [-0.1, -0.05) is 29.6 Å². The lowest BCUT2D eigenvalue weighted by molar-refractivity contribution is 0.360. The van der Waals surface area contributed by atoms with Crippen molar-refractivity contribution in [2.75, 3.05) is 6.26 Å². The molecule has 2 unspecified atom stereocenters. The molecule has 0 radical (unpaired) electrons. The number of fused-ring (bicyclic) bond motifs is 1. The van der Waals surface area contributed by atoms with Crippen LogP contribution in [0.3, 0.4) is 0 Å². The lowest BCUT2D eigenvalue weighted by Gasteiger charge is -2.29. The number of sulfone groups is 1. The molecule has 1 heterocycles. The van der Waals surface area contributed by atoms with Gasteiger partial charge in [0.1, 0.15) is 9.84 Å². The first-order chi connectivity index (χ1) is 9.86. The molecule has 21 heavy (non-hydrogen) atoms. The van der Waals surface area contributed by atoms with Crippen LogP contribution in [-0.2, 0) is 9.84 Å². The Hall–Kier alpha value is -0.710. The zero-order chi connectivity index (χ0) is 15.2. The highest BCUT2D eigenvalue weighted by Crippen LogP contribution is 2.36. The van der Waals surface area contributed by atoms with Crippen LogP contribution in [0.15, 0.2) is 24.4 Å². The van der Waals surface area contributed by atoms with Gasteiger partial charge in [0.25, 0.3) is 0 Å². The molecule has 0 aliphatic heterocycles. The predicted octanol–water partition coefficient (Wildman–Crippen LogP) is 4.48. The summed E-state index contributed by atoms with van der Waals surface area (Å²) in [5.41, 5.74) is 0.978. The first-order valence-corrected chi connectivity index (χ1v) is 9.72. The van der Waals surface area contributed by atoms with Crippen LogP contribution < -0.4 is 0 Å². The molecule has 3 rings (SSSR count). The van der Waals surface area contributed by atoms with E-state index in [1.165, 1.54) is 6.26 Å². The summed E-state index contributed by atoms with van der Waals surface area (Å²) in [5, 5.41) is 1.94. The van der Waals surface area contributed by atoms with Crippen LogP contribution >= 0.6 is 23.2 Å². The van der Waals surface area contributed by atoms with E-state index < -0.39 is 9.84 Å². The number of rotatable bonds is 2. The van der Waals surface area contributed by atoms with Crippen molar-refractivity contribution in [1.29, 1.82) is 0 Å². The number of benzene rings is 1. The summed E-state index contributed by atoms with van der Waals surface area (Å²) >= 11 is 12.3. The highest BCUT2D eigenvalue weighted by Gasteiger charge is 2.30. The molecule has 2 aromatic rings. The molecule has 1 aromatic heterocycles. The average Bonchev–Trinajstić information content (AvgIpc) is 2.82. The Morgan fingerprint density at radius 3 is 2.71 bits per heavy atom. The van der Waals surface area contributed by atoms with E-state index in [-0.39, 0.29) is 11.3 Å². The number of nitrogens with zero attached hydrogens (tertiary/aromatic N) is 1. The second-order valence-electron chi connectivity index (χ2n) is 5.82. The summed E-state index contributed by atoms with van der Waals surface area (Å²) in [6.07, 6.45) is 6.66. The van der Waals surface area contributed by atoms with E-state index in [9.17, 15) is 8.42 Å². The van der Waals surface area contributed by atoms with Crippen LogP contribution in [0.4, 0.5) is 0 Å². The smallest absolute Gasteiger partial charge is 0.150 e. The molecule has 0 spiro atoms. The van der Waals surface area contributed by atoms with Gasteiger partial charge in [0.2, 0.25) is 0 Å². The van der Waals surface area contributed by atoms with E-state index >= 15 is 0 Å². The van der Waals surface area contributed by atoms with E-state index in [4.69, 9.17) is 23.2 Å². The normalized spacial score (nSPS) is 23.6. The molecule has 1 aliphatic carbocycles. The largest absolute Gasteiger partial charge is 0.344 e. The van der Waals surface area contributed by atoms with E-state index in [0.29, 0.717) is 16.5 Å². The summed E-state index contributed by atoms with van der Waals surface area (Å²) in [6, 6.07) is 5.78. The quantitative estimate of drug-likeness (QED) is 0.804. The van der Waals surface area contributed by atoms with Crippen molar-refractivity contribution in [2.24, 2.45) is 0 Å². The third-order valence-corrected chi connectivity index (χ3v) is 6.52. The van der Waals surface area contributed by atoms with Gasteiger partial charge < -0.3 is 4.57 Å². The number of hydrogen-bond donors (Lipinski definition) is 0. The molecule has 0 N–H and O–H groups in total. The van der Waals surface area contributed by atoms with Gasteiger partial charge in [-0.3, -0.25) is 0 Å². The van der Waals surface area contributed by atoms with Gasteiger partial charge in [-0.25, -0.2) is 8.42 Å². The molecule has 1 aromatic carbocycles. The highest BCUT2D eigenvalue weighted by molar-refractivity contribution is 7.91. The maximum absolute atomic E-state index is 11.8. The molecular weight excluding hydrogens is 329 g/mol. The van der Waals surface area contributed by atoms with Gasteiger partial charge in [-0.15, -0.1) is 0 Å². The van der Waals surface area contributed by atoms with Crippen LogP contribution in [0.2, 0.25) is 10.0 Å². The zero-order valence-electron chi connectivity index (χ0n) is 11.7.